The average molecular weight is 486 g/mol. The van der Waals surface area contributed by atoms with E-state index in [1.165, 1.54) is 23.1 Å². The van der Waals surface area contributed by atoms with E-state index in [1.54, 1.807) is 4.57 Å². The van der Waals surface area contributed by atoms with Crippen LogP contribution in [0.15, 0.2) is 74.4 Å². The molecule has 5 nitrogen and oxygen atoms in total. The van der Waals surface area contributed by atoms with Gasteiger partial charge in [-0.25, -0.2) is 4.98 Å². The van der Waals surface area contributed by atoms with Crippen molar-refractivity contribution in [2.45, 2.75) is 12.1 Å². The SMILES string of the molecule is Cc1ccc(NC(=O)CSc2nc3ccsc3c(=O)n2-c2ccc(Br)cc2)cc1. The second kappa shape index (κ2) is 8.52. The molecule has 1 amide bonds. The van der Waals surface area contributed by atoms with Crippen molar-refractivity contribution in [3.05, 3.63) is 80.4 Å². The quantitative estimate of drug-likeness (QED) is 0.309. The minimum absolute atomic E-state index is 0.131. The number of nitrogens with zero attached hydrogens (tertiary/aromatic N) is 2. The normalized spacial score (nSPS) is 11.0. The van der Waals surface area contributed by atoms with Gasteiger partial charge in [0.15, 0.2) is 5.16 Å². The number of aryl methyl sites for hydroxylation is 1. The molecule has 2 aromatic heterocycles. The van der Waals surface area contributed by atoms with Crippen molar-refractivity contribution in [2.24, 2.45) is 0 Å². The summed E-state index contributed by atoms with van der Waals surface area (Å²) in [5, 5.41) is 5.21. The van der Waals surface area contributed by atoms with Crippen LogP contribution in [0.2, 0.25) is 0 Å². The van der Waals surface area contributed by atoms with Gasteiger partial charge in [-0.1, -0.05) is 45.4 Å². The minimum Gasteiger partial charge on any atom is -0.325 e. The molecule has 4 aromatic rings. The number of thiophene rings is 1. The molecule has 0 spiro atoms. The Labute approximate surface area is 183 Å². The molecule has 0 radical (unpaired) electrons. The number of aromatic nitrogens is 2. The highest BCUT2D eigenvalue weighted by molar-refractivity contribution is 9.10. The van der Waals surface area contributed by atoms with E-state index in [2.05, 4.69) is 26.2 Å². The van der Waals surface area contributed by atoms with E-state index in [-0.39, 0.29) is 17.2 Å². The Morgan fingerprint density at radius 3 is 2.59 bits per heavy atom. The van der Waals surface area contributed by atoms with Gasteiger partial charge < -0.3 is 5.32 Å². The molecular weight excluding hydrogens is 470 g/mol. The van der Waals surface area contributed by atoms with Gasteiger partial charge in [-0.3, -0.25) is 14.2 Å². The predicted octanol–water partition coefficient (Wildman–Crippen LogP) is 5.25. The van der Waals surface area contributed by atoms with Gasteiger partial charge in [0.2, 0.25) is 5.91 Å². The van der Waals surface area contributed by atoms with Crippen LogP contribution in [-0.2, 0) is 4.79 Å². The van der Waals surface area contributed by atoms with Crippen LogP contribution in [0.5, 0.6) is 0 Å². The lowest BCUT2D eigenvalue weighted by Gasteiger charge is -2.12. The summed E-state index contributed by atoms with van der Waals surface area (Å²) in [5.41, 5.74) is 3.10. The van der Waals surface area contributed by atoms with Crippen molar-refractivity contribution in [3.63, 3.8) is 0 Å². The maximum absolute atomic E-state index is 13.1. The highest BCUT2D eigenvalue weighted by Crippen LogP contribution is 2.24. The molecule has 0 atom stereocenters. The molecule has 0 fully saturated rings. The van der Waals surface area contributed by atoms with Gasteiger partial charge in [0.05, 0.1) is 17.0 Å². The third kappa shape index (κ3) is 4.44. The predicted molar refractivity (Wildman–Crippen MR) is 123 cm³/mol. The monoisotopic (exact) mass is 485 g/mol. The molecule has 0 saturated carbocycles. The first-order chi connectivity index (χ1) is 14.0. The van der Waals surface area contributed by atoms with Crippen LogP contribution in [0.1, 0.15) is 5.56 Å². The van der Waals surface area contributed by atoms with Crippen molar-refractivity contribution in [2.75, 3.05) is 11.1 Å². The maximum atomic E-state index is 13.1. The fraction of sp³-hybridized carbons (Fsp3) is 0.0952. The third-order valence-corrected chi connectivity index (χ3v) is 6.56. The number of fused-ring (bicyclic) bond motifs is 1. The number of halogens is 1. The summed E-state index contributed by atoms with van der Waals surface area (Å²) in [6.45, 7) is 2.00. The first-order valence-corrected chi connectivity index (χ1v) is 11.4. The number of thioether (sulfide) groups is 1. The van der Waals surface area contributed by atoms with Crippen LogP contribution in [-0.4, -0.2) is 21.2 Å². The van der Waals surface area contributed by atoms with E-state index in [1.807, 2.05) is 66.9 Å². The van der Waals surface area contributed by atoms with E-state index < -0.39 is 0 Å². The van der Waals surface area contributed by atoms with E-state index in [9.17, 15) is 9.59 Å². The number of hydrogen-bond acceptors (Lipinski definition) is 5. The molecule has 0 aliphatic carbocycles. The zero-order valence-electron chi connectivity index (χ0n) is 15.4. The summed E-state index contributed by atoms with van der Waals surface area (Å²) in [5.74, 6) is -0.00664. The summed E-state index contributed by atoms with van der Waals surface area (Å²) in [7, 11) is 0. The van der Waals surface area contributed by atoms with Gasteiger partial charge in [-0.15, -0.1) is 11.3 Å². The molecule has 0 unspecified atom stereocenters. The van der Waals surface area contributed by atoms with E-state index >= 15 is 0 Å². The first kappa shape index (κ1) is 19.9. The number of nitrogens with one attached hydrogen (secondary N) is 1. The van der Waals surface area contributed by atoms with E-state index in [0.717, 1.165) is 15.7 Å². The van der Waals surface area contributed by atoms with Crippen LogP contribution >= 0.6 is 39.0 Å². The summed E-state index contributed by atoms with van der Waals surface area (Å²) in [6, 6.07) is 16.9. The highest BCUT2D eigenvalue weighted by atomic mass is 79.9. The summed E-state index contributed by atoms with van der Waals surface area (Å²) in [4.78, 5) is 30.1. The summed E-state index contributed by atoms with van der Waals surface area (Å²) < 4.78 is 3.09. The molecule has 0 aliphatic rings. The van der Waals surface area contributed by atoms with Crippen molar-refractivity contribution < 1.29 is 4.79 Å². The Hall–Kier alpha value is -2.42. The third-order valence-electron chi connectivity index (χ3n) is 4.20. The number of amides is 1. The van der Waals surface area contributed by atoms with Gasteiger partial charge in [-0.2, -0.15) is 0 Å². The maximum Gasteiger partial charge on any atom is 0.276 e. The molecule has 2 heterocycles. The number of carbonyl (C=O) groups excluding carboxylic acids is 1. The lowest BCUT2D eigenvalue weighted by Crippen LogP contribution is -2.22. The Morgan fingerprint density at radius 1 is 1.14 bits per heavy atom. The fourth-order valence-corrected chi connectivity index (χ4v) is 4.61. The molecule has 146 valence electrons. The van der Waals surface area contributed by atoms with Gasteiger partial charge in [0.1, 0.15) is 4.70 Å². The van der Waals surface area contributed by atoms with Gasteiger partial charge in [0.25, 0.3) is 5.56 Å². The summed E-state index contributed by atoms with van der Waals surface area (Å²) >= 11 is 6.03. The lowest BCUT2D eigenvalue weighted by molar-refractivity contribution is -0.113. The molecule has 4 rings (SSSR count). The average Bonchev–Trinajstić information content (AvgIpc) is 3.18. The summed E-state index contributed by atoms with van der Waals surface area (Å²) in [6.07, 6.45) is 0. The lowest BCUT2D eigenvalue weighted by atomic mass is 10.2. The Bertz CT molecular complexity index is 1230. The van der Waals surface area contributed by atoms with Crippen LogP contribution in [0.4, 0.5) is 5.69 Å². The number of anilines is 1. The van der Waals surface area contributed by atoms with E-state index in [0.29, 0.717) is 21.1 Å². The molecule has 29 heavy (non-hydrogen) atoms. The molecule has 8 heteroatoms. The Balaban J connectivity index is 1.63. The second-order valence-electron chi connectivity index (χ2n) is 6.35. The number of benzene rings is 2. The van der Waals surface area contributed by atoms with Crippen LogP contribution in [0, 0.1) is 6.92 Å². The van der Waals surface area contributed by atoms with Crippen LogP contribution < -0.4 is 10.9 Å². The van der Waals surface area contributed by atoms with E-state index in [4.69, 9.17) is 0 Å². The van der Waals surface area contributed by atoms with Crippen molar-refractivity contribution in [3.8, 4) is 5.69 Å². The van der Waals surface area contributed by atoms with Crippen molar-refractivity contribution in [1.29, 1.82) is 0 Å². The zero-order valence-corrected chi connectivity index (χ0v) is 18.6. The Morgan fingerprint density at radius 2 is 1.86 bits per heavy atom. The molecule has 1 N–H and O–H groups in total. The molecular formula is C21H16BrN3O2S2. The number of rotatable bonds is 5. The van der Waals surface area contributed by atoms with Gasteiger partial charge in [0, 0.05) is 10.2 Å². The number of hydrogen-bond donors (Lipinski definition) is 1. The molecule has 0 aliphatic heterocycles. The first-order valence-electron chi connectivity index (χ1n) is 8.77. The van der Waals surface area contributed by atoms with Crippen molar-refractivity contribution in [1.82, 2.24) is 9.55 Å². The smallest absolute Gasteiger partial charge is 0.276 e. The van der Waals surface area contributed by atoms with Crippen LogP contribution in [0.25, 0.3) is 15.9 Å². The topological polar surface area (TPSA) is 64.0 Å². The van der Waals surface area contributed by atoms with Crippen LogP contribution in [0.3, 0.4) is 0 Å². The van der Waals surface area contributed by atoms with Crippen molar-refractivity contribution >= 4 is 60.8 Å². The number of carbonyl (C=O) groups is 1. The Kier molecular flexibility index (Phi) is 5.84. The largest absolute Gasteiger partial charge is 0.325 e. The zero-order chi connectivity index (χ0) is 20.4. The minimum atomic E-state index is -0.152. The fourth-order valence-electron chi connectivity index (χ4n) is 2.77. The van der Waals surface area contributed by atoms with Gasteiger partial charge in [-0.05, 0) is 54.8 Å². The highest BCUT2D eigenvalue weighted by Gasteiger charge is 2.15. The molecule has 0 saturated heterocycles. The van der Waals surface area contributed by atoms with Gasteiger partial charge >= 0.3 is 0 Å². The standard InChI is InChI=1S/C21H16BrN3O2S2/c1-13-2-6-15(7-3-13)23-18(26)12-29-21-24-17-10-11-28-19(17)20(27)25(21)16-8-4-14(22)5-9-16/h2-11H,12H2,1H3,(H,23,26). The second-order valence-corrected chi connectivity index (χ2v) is 9.12. The molecule has 0 bridgehead atoms. The molecule has 2 aromatic carbocycles.